The standard InChI is InChI=1S/C11H23NO2/c1-4-8-12(3,9-5-2)10-6-7-11(13)14/h4-10H2,1-3H3. The summed E-state index contributed by atoms with van der Waals surface area (Å²) in [6, 6.07) is 0. The Morgan fingerprint density at radius 3 is 2.00 bits per heavy atom. The average Bonchev–Trinajstić information content (AvgIpc) is 2.03. The Bertz CT molecular complexity index is 163. The molecule has 0 aromatic carbocycles. The monoisotopic (exact) mass is 201 g/mol. The summed E-state index contributed by atoms with van der Waals surface area (Å²) in [4.78, 5) is 10.3. The molecule has 0 unspecified atom stereocenters. The summed E-state index contributed by atoms with van der Waals surface area (Å²) in [7, 11) is 2.21. The van der Waals surface area contributed by atoms with Crippen LogP contribution in [0.2, 0.25) is 0 Å². The molecule has 0 saturated carbocycles. The van der Waals surface area contributed by atoms with E-state index in [0.717, 1.165) is 43.4 Å². The zero-order valence-electron chi connectivity index (χ0n) is 9.71. The van der Waals surface area contributed by atoms with Gasteiger partial charge in [0.15, 0.2) is 0 Å². The molecule has 3 nitrogen and oxygen atoms in total. The number of carboxylic acid groups (broad SMARTS) is 1. The van der Waals surface area contributed by atoms with E-state index in [1.165, 1.54) is 0 Å². The van der Waals surface area contributed by atoms with E-state index in [2.05, 4.69) is 20.9 Å². The van der Waals surface area contributed by atoms with Crippen LogP contribution in [0.5, 0.6) is 0 Å². The number of nitrogens with zero attached hydrogens (tertiary/aromatic N) is 1. The molecule has 0 aliphatic heterocycles. The van der Waals surface area contributed by atoms with Crippen molar-refractivity contribution in [1.29, 1.82) is 0 Å². The minimum atomic E-state index is -0.926. The molecule has 0 aromatic rings. The van der Waals surface area contributed by atoms with Crippen molar-refractivity contribution in [2.45, 2.75) is 39.5 Å². The van der Waals surface area contributed by atoms with E-state index in [-0.39, 0.29) is 6.42 Å². The summed E-state index contributed by atoms with van der Waals surface area (Å²) in [5, 5.41) is 10.3. The van der Waals surface area contributed by atoms with Crippen molar-refractivity contribution in [3.8, 4) is 0 Å². The lowest BCUT2D eigenvalue weighted by molar-refractivity contribution is -0.909. The fourth-order valence-corrected chi connectivity index (χ4v) is 2.02. The van der Waals surface area contributed by atoms with E-state index in [9.17, 15) is 9.90 Å². The molecule has 0 amide bonds. The quantitative estimate of drug-likeness (QED) is 0.545. The molecule has 0 aliphatic rings. The second-order valence-corrected chi connectivity index (χ2v) is 4.27. The summed E-state index contributed by atoms with van der Waals surface area (Å²) in [5.74, 6) is -0.926. The topological polar surface area (TPSA) is 40.1 Å². The maximum atomic E-state index is 10.3. The number of quaternary nitrogens is 1. The number of hydrogen-bond acceptors (Lipinski definition) is 2. The van der Waals surface area contributed by atoms with Crippen molar-refractivity contribution < 1.29 is 14.4 Å². The first-order valence-corrected chi connectivity index (χ1v) is 5.57. The number of hydrogen-bond donors (Lipinski definition) is 0. The summed E-state index contributed by atoms with van der Waals surface area (Å²) in [6.45, 7) is 7.58. The minimum absolute atomic E-state index is 0.196. The lowest BCUT2D eigenvalue weighted by atomic mass is 10.2. The van der Waals surface area contributed by atoms with Crippen molar-refractivity contribution in [3.05, 3.63) is 0 Å². The second kappa shape index (κ2) is 6.82. The predicted molar refractivity (Wildman–Crippen MR) is 55.6 cm³/mol. The highest BCUT2D eigenvalue weighted by molar-refractivity contribution is 5.64. The Morgan fingerprint density at radius 1 is 1.14 bits per heavy atom. The van der Waals surface area contributed by atoms with E-state index in [0.29, 0.717) is 0 Å². The molecular weight excluding hydrogens is 178 g/mol. The number of rotatable bonds is 8. The molecular formula is C11H23NO2. The van der Waals surface area contributed by atoms with Gasteiger partial charge in [-0.2, -0.15) is 0 Å². The van der Waals surface area contributed by atoms with Crippen molar-refractivity contribution in [1.82, 2.24) is 0 Å². The van der Waals surface area contributed by atoms with E-state index in [1.807, 2.05) is 0 Å². The number of carbonyl (C=O) groups excluding carboxylic acids is 1. The van der Waals surface area contributed by atoms with Gasteiger partial charge in [-0.15, -0.1) is 0 Å². The van der Waals surface area contributed by atoms with Gasteiger partial charge in [-0.05, 0) is 19.3 Å². The lowest BCUT2D eigenvalue weighted by Gasteiger charge is -2.34. The molecule has 0 N–H and O–H groups in total. The van der Waals surface area contributed by atoms with Crippen LogP contribution in [0.3, 0.4) is 0 Å². The van der Waals surface area contributed by atoms with E-state index in [4.69, 9.17) is 0 Å². The van der Waals surface area contributed by atoms with E-state index in [1.54, 1.807) is 0 Å². The summed E-state index contributed by atoms with van der Waals surface area (Å²) in [5.41, 5.74) is 0. The Labute approximate surface area is 87.3 Å². The molecule has 0 atom stereocenters. The first kappa shape index (κ1) is 13.4. The van der Waals surface area contributed by atoms with Crippen molar-refractivity contribution in [2.75, 3.05) is 26.7 Å². The molecule has 14 heavy (non-hydrogen) atoms. The molecule has 0 fully saturated rings. The average molecular weight is 201 g/mol. The molecule has 0 rings (SSSR count). The van der Waals surface area contributed by atoms with Crippen LogP contribution in [0, 0.1) is 0 Å². The number of aliphatic carboxylic acids is 1. The van der Waals surface area contributed by atoms with Crippen LogP contribution in [0.25, 0.3) is 0 Å². The Balaban J connectivity index is 3.88. The van der Waals surface area contributed by atoms with Gasteiger partial charge in [0, 0.05) is 12.4 Å². The lowest BCUT2D eigenvalue weighted by Crippen LogP contribution is -2.46. The Kier molecular flexibility index (Phi) is 6.54. The molecule has 0 aromatic heterocycles. The minimum Gasteiger partial charge on any atom is -0.550 e. The summed E-state index contributed by atoms with van der Waals surface area (Å²) in [6.07, 6.45) is 3.24. The predicted octanol–water partition coefficient (Wildman–Crippen LogP) is 0.783. The Morgan fingerprint density at radius 2 is 1.64 bits per heavy atom. The van der Waals surface area contributed by atoms with Gasteiger partial charge in [0.05, 0.1) is 26.7 Å². The zero-order valence-corrected chi connectivity index (χ0v) is 9.71. The van der Waals surface area contributed by atoms with E-state index >= 15 is 0 Å². The number of carboxylic acids is 1. The fourth-order valence-electron chi connectivity index (χ4n) is 2.02. The molecule has 0 aliphatic carbocycles. The normalized spacial score (nSPS) is 11.6. The molecule has 0 saturated heterocycles. The SMILES string of the molecule is CCC[N+](C)(CCC)CCCC(=O)[O-]. The van der Waals surface area contributed by atoms with Crippen molar-refractivity contribution in [2.24, 2.45) is 0 Å². The van der Waals surface area contributed by atoms with Gasteiger partial charge < -0.3 is 14.4 Å². The molecule has 0 heterocycles. The first-order valence-electron chi connectivity index (χ1n) is 5.57. The van der Waals surface area contributed by atoms with Crippen LogP contribution in [0.15, 0.2) is 0 Å². The van der Waals surface area contributed by atoms with Gasteiger partial charge in [-0.1, -0.05) is 13.8 Å². The molecule has 0 radical (unpaired) electrons. The first-order chi connectivity index (χ1) is 6.54. The van der Waals surface area contributed by atoms with Crippen LogP contribution >= 0.6 is 0 Å². The van der Waals surface area contributed by atoms with Gasteiger partial charge in [-0.3, -0.25) is 0 Å². The maximum absolute atomic E-state index is 10.3. The van der Waals surface area contributed by atoms with Gasteiger partial charge in [0.1, 0.15) is 0 Å². The van der Waals surface area contributed by atoms with E-state index < -0.39 is 5.97 Å². The second-order valence-electron chi connectivity index (χ2n) is 4.27. The van der Waals surface area contributed by atoms with Crippen LogP contribution in [0.4, 0.5) is 0 Å². The summed E-state index contributed by atoms with van der Waals surface area (Å²) < 4.78 is 1.00. The highest BCUT2D eigenvalue weighted by Gasteiger charge is 2.18. The highest BCUT2D eigenvalue weighted by Crippen LogP contribution is 2.08. The van der Waals surface area contributed by atoms with Crippen LogP contribution < -0.4 is 5.11 Å². The van der Waals surface area contributed by atoms with Gasteiger partial charge in [0.25, 0.3) is 0 Å². The van der Waals surface area contributed by atoms with Gasteiger partial charge in [-0.25, -0.2) is 0 Å². The largest absolute Gasteiger partial charge is 0.550 e. The third kappa shape index (κ3) is 5.97. The van der Waals surface area contributed by atoms with Gasteiger partial charge >= 0.3 is 0 Å². The molecule has 3 heteroatoms. The maximum Gasteiger partial charge on any atom is 0.0788 e. The van der Waals surface area contributed by atoms with Crippen LogP contribution in [0.1, 0.15) is 39.5 Å². The number of carbonyl (C=O) groups is 1. The third-order valence-electron chi connectivity index (χ3n) is 2.61. The van der Waals surface area contributed by atoms with Gasteiger partial charge in [0.2, 0.25) is 0 Å². The van der Waals surface area contributed by atoms with Crippen LogP contribution in [-0.4, -0.2) is 37.1 Å². The van der Waals surface area contributed by atoms with Crippen molar-refractivity contribution in [3.63, 3.8) is 0 Å². The van der Waals surface area contributed by atoms with Crippen molar-refractivity contribution >= 4 is 5.97 Å². The van der Waals surface area contributed by atoms with Crippen LogP contribution in [-0.2, 0) is 4.79 Å². The molecule has 0 bridgehead atoms. The zero-order chi connectivity index (χ0) is 11.0. The summed E-state index contributed by atoms with van der Waals surface area (Å²) >= 11 is 0. The smallest absolute Gasteiger partial charge is 0.0788 e. The molecule has 84 valence electrons. The fraction of sp³-hybridized carbons (Fsp3) is 0.909. The third-order valence-corrected chi connectivity index (χ3v) is 2.61. The highest BCUT2D eigenvalue weighted by atomic mass is 16.4. The molecule has 0 spiro atoms. The Hall–Kier alpha value is -0.570.